The molecule has 1 aromatic rings. The van der Waals surface area contributed by atoms with Crippen LogP contribution in [0.3, 0.4) is 0 Å². The molecule has 18 heavy (non-hydrogen) atoms. The molecule has 0 amide bonds. The number of aliphatic carboxylic acids is 1. The van der Waals surface area contributed by atoms with Crippen LogP contribution in [0.2, 0.25) is 5.02 Å². The third-order valence-electron chi connectivity index (χ3n) is 2.57. The van der Waals surface area contributed by atoms with Crippen LogP contribution in [0, 0.1) is 18.3 Å². The molecule has 0 bridgehead atoms. The first-order valence-corrected chi connectivity index (χ1v) is 5.63. The van der Waals surface area contributed by atoms with E-state index < -0.39 is 18.1 Å². The summed E-state index contributed by atoms with van der Waals surface area (Å²) in [6.45, 7) is 3.05. The first-order chi connectivity index (χ1) is 8.38. The second-order valence-electron chi connectivity index (χ2n) is 3.91. The van der Waals surface area contributed by atoms with Gasteiger partial charge < -0.3 is 15.5 Å². The van der Waals surface area contributed by atoms with Crippen molar-refractivity contribution >= 4 is 23.3 Å². The van der Waals surface area contributed by atoms with Crippen molar-refractivity contribution in [2.75, 3.05) is 5.32 Å². The lowest BCUT2D eigenvalue weighted by Gasteiger charge is -2.20. The van der Waals surface area contributed by atoms with Gasteiger partial charge in [0.1, 0.15) is 6.07 Å². The molecule has 1 aromatic carbocycles. The Morgan fingerprint density at radius 3 is 2.61 bits per heavy atom. The molecule has 3 N–H and O–H groups in total. The molecule has 0 spiro atoms. The summed E-state index contributed by atoms with van der Waals surface area (Å²) in [5, 5.41) is 30.1. The maximum absolute atomic E-state index is 11.0. The normalized spacial score (nSPS) is 13.5. The fraction of sp³-hybridized carbons (Fsp3) is 0.333. The van der Waals surface area contributed by atoms with Gasteiger partial charge in [-0.1, -0.05) is 11.6 Å². The Morgan fingerprint density at radius 1 is 1.56 bits per heavy atom. The predicted molar refractivity (Wildman–Crippen MR) is 67.6 cm³/mol. The predicted octanol–water partition coefficient (Wildman–Crippen LogP) is 1.77. The zero-order valence-corrected chi connectivity index (χ0v) is 10.7. The Morgan fingerprint density at radius 2 is 2.17 bits per heavy atom. The van der Waals surface area contributed by atoms with Gasteiger partial charge in [0, 0.05) is 5.69 Å². The van der Waals surface area contributed by atoms with Gasteiger partial charge >= 0.3 is 5.97 Å². The minimum atomic E-state index is -1.16. The van der Waals surface area contributed by atoms with Crippen LogP contribution in [0.1, 0.15) is 18.1 Å². The molecule has 1 unspecified atom stereocenters. The Balaban J connectivity index is 3.09. The molecule has 0 aromatic heterocycles. The molecule has 0 radical (unpaired) electrons. The number of hydrogen-bond acceptors (Lipinski definition) is 4. The molecule has 0 saturated carbocycles. The molecule has 2 atom stereocenters. The van der Waals surface area contributed by atoms with E-state index in [4.69, 9.17) is 22.0 Å². The maximum Gasteiger partial charge on any atom is 0.328 e. The van der Waals surface area contributed by atoms with E-state index in [0.717, 1.165) is 0 Å². The van der Waals surface area contributed by atoms with Crippen LogP contribution in [0.15, 0.2) is 12.1 Å². The van der Waals surface area contributed by atoms with E-state index in [0.29, 0.717) is 16.8 Å². The number of nitriles is 1. The number of anilines is 1. The van der Waals surface area contributed by atoms with Crippen LogP contribution in [-0.2, 0) is 4.79 Å². The van der Waals surface area contributed by atoms with Crippen molar-refractivity contribution in [3.8, 4) is 6.07 Å². The second-order valence-corrected chi connectivity index (χ2v) is 4.29. The highest BCUT2D eigenvalue weighted by Crippen LogP contribution is 2.27. The van der Waals surface area contributed by atoms with E-state index in [1.807, 2.05) is 6.07 Å². The highest BCUT2D eigenvalue weighted by Gasteiger charge is 2.23. The summed E-state index contributed by atoms with van der Waals surface area (Å²) in [5.74, 6) is -1.16. The molecule has 6 heteroatoms. The van der Waals surface area contributed by atoms with Gasteiger partial charge in [-0.2, -0.15) is 5.26 Å². The van der Waals surface area contributed by atoms with Crippen molar-refractivity contribution < 1.29 is 15.0 Å². The Bertz CT molecular complexity index is 509. The van der Waals surface area contributed by atoms with Gasteiger partial charge in [-0.15, -0.1) is 0 Å². The second kappa shape index (κ2) is 5.71. The average Bonchev–Trinajstić information content (AvgIpc) is 2.30. The van der Waals surface area contributed by atoms with E-state index in [1.165, 1.54) is 13.0 Å². The number of hydrogen-bond donors (Lipinski definition) is 3. The van der Waals surface area contributed by atoms with Crippen LogP contribution in [0.25, 0.3) is 0 Å². The van der Waals surface area contributed by atoms with Gasteiger partial charge in [0.25, 0.3) is 0 Å². The summed E-state index contributed by atoms with van der Waals surface area (Å²) >= 11 is 5.97. The molecular formula is C12H13ClN2O3. The summed E-state index contributed by atoms with van der Waals surface area (Å²) in [7, 11) is 0. The molecular weight excluding hydrogens is 256 g/mol. The number of rotatable bonds is 4. The smallest absolute Gasteiger partial charge is 0.328 e. The Labute approximate surface area is 110 Å². The lowest BCUT2D eigenvalue weighted by Crippen LogP contribution is -2.39. The molecule has 1 rings (SSSR count). The number of benzene rings is 1. The monoisotopic (exact) mass is 268 g/mol. The minimum absolute atomic E-state index is 0.275. The van der Waals surface area contributed by atoms with Crippen LogP contribution in [-0.4, -0.2) is 28.3 Å². The summed E-state index contributed by atoms with van der Waals surface area (Å²) in [6, 6.07) is 3.87. The molecule has 0 aliphatic rings. The number of carbonyl (C=O) groups is 1. The van der Waals surface area contributed by atoms with Crippen molar-refractivity contribution in [3.63, 3.8) is 0 Å². The number of halogens is 1. The number of nitrogens with one attached hydrogen (secondary N) is 1. The molecule has 96 valence electrons. The Hall–Kier alpha value is -1.77. The summed E-state index contributed by atoms with van der Waals surface area (Å²) in [6.07, 6.45) is -1.06. The van der Waals surface area contributed by atoms with Gasteiger partial charge in [0.2, 0.25) is 0 Å². The lowest BCUT2D eigenvalue weighted by atomic mass is 10.1. The summed E-state index contributed by atoms with van der Waals surface area (Å²) < 4.78 is 0. The zero-order chi connectivity index (χ0) is 13.9. The Kier molecular flexibility index (Phi) is 4.54. The van der Waals surface area contributed by atoms with Crippen molar-refractivity contribution in [1.29, 1.82) is 5.26 Å². The van der Waals surface area contributed by atoms with Gasteiger partial charge in [0.05, 0.1) is 16.7 Å². The first kappa shape index (κ1) is 14.3. The quantitative estimate of drug-likeness (QED) is 0.774. The SMILES string of the molecule is Cc1c(NC(C(=O)O)[C@@H](C)O)ccc(C#N)c1Cl. The van der Waals surface area contributed by atoms with Gasteiger partial charge in [-0.3, -0.25) is 0 Å². The molecule has 0 aliphatic heterocycles. The van der Waals surface area contributed by atoms with E-state index >= 15 is 0 Å². The average molecular weight is 269 g/mol. The fourth-order valence-corrected chi connectivity index (χ4v) is 1.69. The highest BCUT2D eigenvalue weighted by atomic mass is 35.5. The third-order valence-corrected chi connectivity index (χ3v) is 3.05. The first-order valence-electron chi connectivity index (χ1n) is 5.25. The zero-order valence-electron chi connectivity index (χ0n) is 9.94. The number of carboxylic acid groups (broad SMARTS) is 1. The number of nitrogens with zero attached hydrogens (tertiary/aromatic N) is 1. The van der Waals surface area contributed by atoms with Crippen LogP contribution in [0.4, 0.5) is 5.69 Å². The molecule has 0 aliphatic carbocycles. The lowest BCUT2D eigenvalue weighted by molar-refractivity contribution is -0.140. The highest BCUT2D eigenvalue weighted by molar-refractivity contribution is 6.32. The fourth-order valence-electron chi connectivity index (χ4n) is 1.48. The van der Waals surface area contributed by atoms with Crippen molar-refractivity contribution in [2.24, 2.45) is 0 Å². The molecule has 0 heterocycles. The van der Waals surface area contributed by atoms with E-state index in [2.05, 4.69) is 5.32 Å². The van der Waals surface area contributed by atoms with Crippen LogP contribution >= 0.6 is 11.6 Å². The van der Waals surface area contributed by atoms with Crippen molar-refractivity contribution in [3.05, 3.63) is 28.3 Å². The topological polar surface area (TPSA) is 93.3 Å². The number of carboxylic acids is 1. The third kappa shape index (κ3) is 2.92. The minimum Gasteiger partial charge on any atom is -0.480 e. The van der Waals surface area contributed by atoms with E-state index in [1.54, 1.807) is 13.0 Å². The molecule has 0 saturated heterocycles. The largest absolute Gasteiger partial charge is 0.480 e. The number of aliphatic hydroxyl groups is 1. The molecule has 0 fully saturated rings. The van der Waals surface area contributed by atoms with Crippen LogP contribution in [0.5, 0.6) is 0 Å². The molecule has 5 nitrogen and oxygen atoms in total. The number of aliphatic hydroxyl groups excluding tert-OH is 1. The summed E-state index contributed by atoms with van der Waals surface area (Å²) in [4.78, 5) is 11.0. The van der Waals surface area contributed by atoms with Crippen molar-refractivity contribution in [2.45, 2.75) is 26.0 Å². The van der Waals surface area contributed by atoms with Gasteiger partial charge in [-0.25, -0.2) is 4.79 Å². The summed E-state index contributed by atoms with van der Waals surface area (Å²) in [5.41, 5.74) is 1.37. The van der Waals surface area contributed by atoms with Crippen molar-refractivity contribution in [1.82, 2.24) is 0 Å². The standard InChI is InChI=1S/C12H13ClN2O3/c1-6-9(4-3-8(5-14)10(6)13)15-11(7(2)16)12(17)18/h3-4,7,11,15-16H,1-2H3,(H,17,18)/t7-,11?/m1/s1. The van der Waals surface area contributed by atoms with Gasteiger partial charge in [0.15, 0.2) is 6.04 Å². The maximum atomic E-state index is 11.0. The van der Waals surface area contributed by atoms with Crippen LogP contribution < -0.4 is 5.32 Å². The van der Waals surface area contributed by atoms with E-state index in [-0.39, 0.29) is 5.02 Å². The van der Waals surface area contributed by atoms with Gasteiger partial charge in [-0.05, 0) is 31.5 Å². The van der Waals surface area contributed by atoms with E-state index in [9.17, 15) is 9.90 Å².